The van der Waals surface area contributed by atoms with E-state index in [1.165, 1.54) is 11.8 Å². The van der Waals surface area contributed by atoms with Gasteiger partial charge in [-0.25, -0.2) is 9.97 Å². The van der Waals surface area contributed by atoms with Crippen LogP contribution in [0.3, 0.4) is 0 Å². The van der Waals surface area contributed by atoms with Crippen LogP contribution in [0.25, 0.3) is 0 Å². The van der Waals surface area contributed by atoms with Gasteiger partial charge in [0.15, 0.2) is 0 Å². The van der Waals surface area contributed by atoms with Crippen molar-refractivity contribution in [2.75, 3.05) is 5.73 Å². The SMILES string of the molecule is Nc1c(CCCC(=O)OCc2ccccc2)ccnc1Sc1ccccn1. The fourth-order valence-corrected chi connectivity index (χ4v) is 3.34. The van der Waals surface area contributed by atoms with Crippen molar-refractivity contribution in [2.45, 2.75) is 35.9 Å². The zero-order valence-electron chi connectivity index (χ0n) is 14.9. The molecule has 0 radical (unpaired) electrons. The Morgan fingerprint density at radius 3 is 2.59 bits per heavy atom. The molecule has 0 aliphatic carbocycles. The molecule has 0 fully saturated rings. The molecule has 0 amide bonds. The van der Waals surface area contributed by atoms with Gasteiger partial charge in [-0.1, -0.05) is 36.4 Å². The summed E-state index contributed by atoms with van der Waals surface area (Å²) in [7, 11) is 0. The first-order chi connectivity index (χ1) is 13.2. The zero-order valence-corrected chi connectivity index (χ0v) is 15.7. The standard InChI is InChI=1S/C21H21N3O2S/c22-20-17(12-14-24-21(20)27-18-10-4-5-13-23-18)9-6-11-19(25)26-15-16-7-2-1-3-8-16/h1-5,7-8,10,12-14H,6,9,11,15,22H2. The second kappa shape index (κ2) is 9.73. The first kappa shape index (κ1) is 18.9. The van der Waals surface area contributed by atoms with Crippen LogP contribution < -0.4 is 5.73 Å². The van der Waals surface area contributed by atoms with E-state index in [2.05, 4.69) is 9.97 Å². The average Bonchev–Trinajstić information content (AvgIpc) is 2.71. The Labute approximate surface area is 163 Å². The number of benzene rings is 1. The van der Waals surface area contributed by atoms with Crippen molar-refractivity contribution in [3.8, 4) is 0 Å². The van der Waals surface area contributed by atoms with Crippen molar-refractivity contribution in [1.29, 1.82) is 0 Å². The van der Waals surface area contributed by atoms with E-state index >= 15 is 0 Å². The zero-order chi connectivity index (χ0) is 18.9. The van der Waals surface area contributed by atoms with Crippen molar-refractivity contribution >= 4 is 23.4 Å². The molecule has 3 aromatic rings. The van der Waals surface area contributed by atoms with Crippen molar-refractivity contribution < 1.29 is 9.53 Å². The van der Waals surface area contributed by atoms with Gasteiger partial charge in [-0.3, -0.25) is 4.79 Å². The molecule has 0 aliphatic heterocycles. The number of pyridine rings is 2. The lowest BCUT2D eigenvalue weighted by molar-refractivity contribution is -0.145. The third-order valence-corrected chi connectivity index (χ3v) is 4.92. The maximum atomic E-state index is 11.9. The van der Waals surface area contributed by atoms with Crippen LogP contribution in [0.15, 0.2) is 77.0 Å². The Bertz CT molecular complexity index is 873. The van der Waals surface area contributed by atoms with Gasteiger partial charge in [-0.2, -0.15) is 0 Å². The Morgan fingerprint density at radius 1 is 1.00 bits per heavy atom. The van der Waals surface area contributed by atoms with E-state index in [1.54, 1.807) is 12.4 Å². The number of carbonyl (C=O) groups excluding carboxylic acids is 1. The molecule has 0 atom stereocenters. The van der Waals surface area contributed by atoms with E-state index in [0.717, 1.165) is 21.2 Å². The Morgan fingerprint density at radius 2 is 1.81 bits per heavy atom. The van der Waals surface area contributed by atoms with E-state index in [1.807, 2.05) is 54.6 Å². The number of nitrogens with two attached hydrogens (primary N) is 1. The highest BCUT2D eigenvalue weighted by molar-refractivity contribution is 7.99. The largest absolute Gasteiger partial charge is 0.461 e. The summed E-state index contributed by atoms with van der Waals surface area (Å²) in [4.78, 5) is 20.5. The summed E-state index contributed by atoms with van der Waals surface area (Å²) in [5.74, 6) is -0.199. The molecule has 138 valence electrons. The highest BCUT2D eigenvalue weighted by Crippen LogP contribution is 2.31. The molecule has 0 bridgehead atoms. The van der Waals surface area contributed by atoms with Crippen LogP contribution in [0.1, 0.15) is 24.0 Å². The van der Waals surface area contributed by atoms with Gasteiger partial charge in [-0.15, -0.1) is 0 Å². The van der Waals surface area contributed by atoms with Crippen LogP contribution in [0.4, 0.5) is 5.69 Å². The minimum absolute atomic E-state index is 0.199. The van der Waals surface area contributed by atoms with Gasteiger partial charge >= 0.3 is 5.97 Å². The molecule has 3 rings (SSSR count). The summed E-state index contributed by atoms with van der Waals surface area (Å²) in [6, 6.07) is 17.3. The first-order valence-corrected chi connectivity index (χ1v) is 9.56. The number of hydrogen-bond donors (Lipinski definition) is 1. The summed E-state index contributed by atoms with van der Waals surface area (Å²) in [6.07, 6.45) is 5.21. The summed E-state index contributed by atoms with van der Waals surface area (Å²) in [5.41, 5.74) is 8.87. The number of carbonyl (C=O) groups is 1. The minimum atomic E-state index is -0.199. The molecule has 0 saturated carbocycles. The van der Waals surface area contributed by atoms with E-state index < -0.39 is 0 Å². The lowest BCUT2D eigenvalue weighted by Gasteiger charge is -2.09. The molecule has 2 heterocycles. The summed E-state index contributed by atoms with van der Waals surface area (Å²) in [5, 5.41) is 1.58. The average molecular weight is 379 g/mol. The van der Waals surface area contributed by atoms with Crippen LogP contribution in [-0.2, 0) is 22.6 Å². The molecule has 2 N–H and O–H groups in total. The van der Waals surface area contributed by atoms with Crippen molar-refractivity contribution in [3.63, 3.8) is 0 Å². The molecular weight excluding hydrogens is 358 g/mol. The molecule has 1 aromatic carbocycles. The normalized spacial score (nSPS) is 10.5. The number of ether oxygens (including phenoxy) is 1. The van der Waals surface area contributed by atoms with Gasteiger partial charge in [-0.05, 0) is 53.9 Å². The van der Waals surface area contributed by atoms with Crippen LogP contribution in [0, 0.1) is 0 Å². The lowest BCUT2D eigenvalue weighted by Crippen LogP contribution is -2.06. The maximum Gasteiger partial charge on any atom is 0.306 e. The molecule has 2 aromatic heterocycles. The quantitative estimate of drug-likeness (QED) is 0.589. The number of rotatable bonds is 8. The molecule has 0 spiro atoms. The van der Waals surface area contributed by atoms with Crippen LogP contribution in [0.2, 0.25) is 0 Å². The Hall–Kier alpha value is -2.86. The fraction of sp³-hybridized carbons (Fsp3) is 0.190. The van der Waals surface area contributed by atoms with Crippen molar-refractivity contribution in [1.82, 2.24) is 9.97 Å². The number of esters is 1. The third kappa shape index (κ3) is 5.82. The predicted molar refractivity (Wildman–Crippen MR) is 106 cm³/mol. The maximum absolute atomic E-state index is 11.9. The van der Waals surface area contributed by atoms with Crippen molar-refractivity contribution in [2.24, 2.45) is 0 Å². The van der Waals surface area contributed by atoms with E-state index in [0.29, 0.717) is 31.6 Å². The minimum Gasteiger partial charge on any atom is -0.461 e. The summed E-state index contributed by atoms with van der Waals surface area (Å²) in [6.45, 7) is 0.307. The highest BCUT2D eigenvalue weighted by Gasteiger charge is 2.10. The van der Waals surface area contributed by atoms with E-state index in [-0.39, 0.29) is 5.97 Å². The number of nitrogen functional groups attached to an aromatic ring is 1. The van der Waals surface area contributed by atoms with Crippen LogP contribution in [0.5, 0.6) is 0 Å². The summed E-state index contributed by atoms with van der Waals surface area (Å²) < 4.78 is 5.30. The topological polar surface area (TPSA) is 78.1 Å². The van der Waals surface area contributed by atoms with Gasteiger partial charge in [0, 0.05) is 18.8 Å². The lowest BCUT2D eigenvalue weighted by atomic mass is 10.1. The number of hydrogen-bond acceptors (Lipinski definition) is 6. The van der Waals surface area contributed by atoms with E-state index in [9.17, 15) is 4.79 Å². The smallest absolute Gasteiger partial charge is 0.306 e. The van der Waals surface area contributed by atoms with Gasteiger partial charge in [0.25, 0.3) is 0 Å². The van der Waals surface area contributed by atoms with Crippen LogP contribution >= 0.6 is 11.8 Å². The van der Waals surface area contributed by atoms with Crippen molar-refractivity contribution in [3.05, 3.63) is 78.1 Å². The number of nitrogens with zero attached hydrogens (tertiary/aromatic N) is 2. The number of anilines is 1. The van der Waals surface area contributed by atoms with Gasteiger partial charge < -0.3 is 10.5 Å². The Balaban J connectivity index is 1.49. The second-order valence-corrected chi connectivity index (χ2v) is 6.97. The van der Waals surface area contributed by atoms with Gasteiger partial charge in [0.1, 0.15) is 16.7 Å². The van der Waals surface area contributed by atoms with E-state index in [4.69, 9.17) is 10.5 Å². The first-order valence-electron chi connectivity index (χ1n) is 8.74. The Kier molecular flexibility index (Phi) is 6.82. The molecule has 0 aliphatic rings. The monoisotopic (exact) mass is 379 g/mol. The summed E-state index contributed by atoms with van der Waals surface area (Å²) >= 11 is 1.44. The highest BCUT2D eigenvalue weighted by atomic mass is 32.2. The third-order valence-electron chi connectivity index (χ3n) is 3.95. The molecule has 5 nitrogen and oxygen atoms in total. The van der Waals surface area contributed by atoms with Crippen LogP contribution in [-0.4, -0.2) is 15.9 Å². The molecule has 0 unspecified atom stereocenters. The van der Waals surface area contributed by atoms with Gasteiger partial charge in [0.05, 0.1) is 5.69 Å². The molecule has 6 heteroatoms. The predicted octanol–water partition coefficient (Wildman–Crippen LogP) is 4.28. The van der Waals surface area contributed by atoms with Gasteiger partial charge in [0.2, 0.25) is 0 Å². The molecular formula is C21H21N3O2S. The second-order valence-electron chi connectivity index (χ2n) is 5.96. The molecule has 27 heavy (non-hydrogen) atoms. The number of aryl methyl sites for hydroxylation is 1. The fourth-order valence-electron chi connectivity index (χ4n) is 2.53. The number of aromatic nitrogens is 2. The molecule has 0 saturated heterocycles.